The summed E-state index contributed by atoms with van der Waals surface area (Å²) in [5, 5.41) is 0. The van der Waals surface area contributed by atoms with E-state index in [-0.39, 0.29) is 18.3 Å². The van der Waals surface area contributed by atoms with Gasteiger partial charge in [-0.25, -0.2) is 0 Å². The molecular formula is C15H25ClN2O4. The smallest absolute Gasteiger partial charge is 0.238 e. The second-order valence-corrected chi connectivity index (χ2v) is 4.80. The summed E-state index contributed by atoms with van der Waals surface area (Å²) in [6, 6.07) is 4.89. The van der Waals surface area contributed by atoms with Crippen molar-refractivity contribution in [3.8, 4) is 17.2 Å². The number of benzene rings is 1. The van der Waals surface area contributed by atoms with Gasteiger partial charge in [-0.15, -0.1) is 12.4 Å². The summed E-state index contributed by atoms with van der Waals surface area (Å²) in [4.78, 5) is 13.2. The highest BCUT2D eigenvalue weighted by molar-refractivity contribution is 5.85. The van der Waals surface area contributed by atoms with Crippen LogP contribution in [0.2, 0.25) is 0 Å². The van der Waals surface area contributed by atoms with Crippen LogP contribution in [0.5, 0.6) is 17.2 Å². The summed E-state index contributed by atoms with van der Waals surface area (Å²) < 4.78 is 16.0. The van der Waals surface area contributed by atoms with E-state index in [0.717, 1.165) is 0 Å². The van der Waals surface area contributed by atoms with E-state index < -0.39 is 6.04 Å². The predicted molar refractivity (Wildman–Crippen MR) is 88.2 cm³/mol. The zero-order chi connectivity index (χ0) is 15.8. The number of carbonyl (C=O) groups is 1. The first-order valence-electron chi connectivity index (χ1n) is 6.84. The molecule has 6 nitrogen and oxygen atoms in total. The maximum absolute atomic E-state index is 11.6. The normalized spacial score (nSPS) is 11.1. The second-order valence-electron chi connectivity index (χ2n) is 4.80. The number of methoxy groups -OCH3 is 2. The van der Waals surface area contributed by atoms with Crippen LogP contribution in [0, 0.1) is 0 Å². The van der Waals surface area contributed by atoms with E-state index in [0.29, 0.717) is 36.8 Å². The van der Waals surface area contributed by atoms with E-state index in [2.05, 4.69) is 0 Å². The molecule has 0 bridgehead atoms. The van der Waals surface area contributed by atoms with Crippen LogP contribution in [0.3, 0.4) is 0 Å². The van der Waals surface area contributed by atoms with Crippen molar-refractivity contribution in [3.05, 3.63) is 18.2 Å². The molecule has 0 aliphatic heterocycles. The molecule has 0 unspecified atom stereocenters. The van der Waals surface area contributed by atoms with Gasteiger partial charge in [0.25, 0.3) is 0 Å². The first-order chi connectivity index (χ1) is 9.97. The van der Waals surface area contributed by atoms with E-state index in [1.54, 1.807) is 51.3 Å². The van der Waals surface area contributed by atoms with Gasteiger partial charge in [-0.3, -0.25) is 4.79 Å². The lowest BCUT2D eigenvalue weighted by molar-refractivity contribution is -0.130. The third-order valence-corrected chi connectivity index (χ3v) is 3.00. The van der Waals surface area contributed by atoms with Crippen LogP contribution < -0.4 is 19.9 Å². The number of halogens is 1. The Bertz CT molecular complexity index is 447. The third-order valence-electron chi connectivity index (χ3n) is 3.00. The number of nitrogens with two attached hydrogens (primary N) is 1. The van der Waals surface area contributed by atoms with Crippen LogP contribution in [0.1, 0.15) is 13.3 Å². The second kappa shape index (κ2) is 10.1. The zero-order valence-electron chi connectivity index (χ0n) is 13.5. The van der Waals surface area contributed by atoms with E-state index in [1.165, 1.54) is 0 Å². The molecule has 0 spiro atoms. The first-order valence-corrected chi connectivity index (χ1v) is 6.84. The zero-order valence-corrected chi connectivity index (χ0v) is 14.3. The maximum Gasteiger partial charge on any atom is 0.238 e. The van der Waals surface area contributed by atoms with Crippen LogP contribution in [-0.2, 0) is 4.79 Å². The SMILES string of the molecule is COc1cc(OC)cc(OCCCN(C)C(=O)[C@H](C)N)c1.Cl. The minimum Gasteiger partial charge on any atom is -0.496 e. The standard InChI is InChI=1S/C15H24N2O4.ClH/c1-11(16)15(18)17(2)6-5-7-21-14-9-12(19-3)8-13(10-14)20-4;/h8-11H,5-7,16H2,1-4H3;1H/t11-;/m0./s1. The molecule has 7 heteroatoms. The van der Waals surface area contributed by atoms with Crippen molar-refractivity contribution in [2.45, 2.75) is 19.4 Å². The molecule has 22 heavy (non-hydrogen) atoms. The van der Waals surface area contributed by atoms with Crippen LogP contribution in [0.25, 0.3) is 0 Å². The highest BCUT2D eigenvalue weighted by Gasteiger charge is 2.12. The molecule has 0 heterocycles. The fourth-order valence-corrected chi connectivity index (χ4v) is 1.81. The summed E-state index contributed by atoms with van der Waals surface area (Å²) in [5.74, 6) is 1.95. The Morgan fingerprint density at radius 2 is 1.68 bits per heavy atom. The molecule has 0 saturated carbocycles. The molecule has 0 aromatic heterocycles. The molecule has 0 aliphatic rings. The molecule has 1 aromatic carbocycles. The molecule has 0 radical (unpaired) electrons. The monoisotopic (exact) mass is 332 g/mol. The van der Waals surface area contributed by atoms with Crippen LogP contribution in [0.15, 0.2) is 18.2 Å². The highest BCUT2D eigenvalue weighted by atomic mass is 35.5. The van der Waals surface area contributed by atoms with E-state index in [4.69, 9.17) is 19.9 Å². The van der Waals surface area contributed by atoms with Gasteiger partial charge in [0.05, 0.1) is 26.9 Å². The van der Waals surface area contributed by atoms with Gasteiger partial charge < -0.3 is 24.8 Å². The Morgan fingerprint density at radius 3 is 2.14 bits per heavy atom. The molecule has 1 atom stereocenters. The third kappa shape index (κ3) is 6.41. The van der Waals surface area contributed by atoms with Crippen LogP contribution in [0.4, 0.5) is 0 Å². The summed E-state index contributed by atoms with van der Waals surface area (Å²) in [6.45, 7) is 2.77. The van der Waals surface area contributed by atoms with E-state index in [1.807, 2.05) is 0 Å². The van der Waals surface area contributed by atoms with Gasteiger partial charge in [0.15, 0.2) is 0 Å². The number of ether oxygens (including phenoxy) is 3. The van der Waals surface area contributed by atoms with E-state index >= 15 is 0 Å². The lowest BCUT2D eigenvalue weighted by Gasteiger charge is -2.19. The number of likely N-dealkylation sites (N-methyl/N-ethyl adjacent to an activating group) is 1. The van der Waals surface area contributed by atoms with Gasteiger partial charge in [-0.05, 0) is 13.3 Å². The minimum absolute atomic E-state index is 0. The van der Waals surface area contributed by atoms with Crippen molar-refractivity contribution in [2.75, 3.05) is 34.4 Å². The van der Waals surface area contributed by atoms with Crippen molar-refractivity contribution < 1.29 is 19.0 Å². The molecule has 1 aromatic rings. The fourth-order valence-electron chi connectivity index (χ4n) is 1.81. The summed E-state index contributed by atoms with van der Waals surface area (Å²) in [6.07, 6.45) is 0.717. The number of rotatable bonds is 8. The first kappa shape index (κ1) is 20.3. The highest BCUT2D eigenvalue weighted by Crippen LogP contribution is 2.27. The Kier molecular flexibility index (Phi) is 9.37. The molecule has 1 rings (SSSR count). The van der Waals surface area contributed by atoms with Crippen molar-refractivity contribution in [3.63, 3.8) is 0 Å². The topological polar surface area (TPSA) is 74.0 Å². The van der Waals surface area contributed by atoms with Gasteiger partial charge in [0, 0.05) is 31.8 Å². The molecule has 0 fully saturated rings. The average molecular weight is 333 g/mol. The van der Waals surface area contributed by atoms with Crippen molar-refractivity contribution in [1.29, 1.82) is 0 Å². The van der Waals surface area contributed by atoms with Gasteiger partial charge in [0.1, 0.15) is 17.2 Å². The quantitative estimate of drug-likeness (QED) is 0.733. The van der Waals surface area contributed by atoms with Gasteiger partial charge in [-0.2, -0.15) is 0 Å². The molecule has 0 saturated heterocycles. The predicted octanol–water partition coefficient (Wildman–Crippen LogP) is 1.70. The van der Waals surface area contributed by atoms with Crippen molar-refractivity contribution >= 4 is 18.3 Å². The number of hydrogen-bond donors (Lipinski definition) is 1. The van der Waals surface area contributed by atoms with Crippen LogP contribution in [-0.4, -0.2) is 51.3 Å². The molecule has 1 amide bonds. The lowest BCUT2D eigenvalue weighted by atomic mass is 10.3. The average Bonchev–Trinajstić information content (AvgIpc) is 2.49. The molecule has 126 valence electrons. The van der Waals surface area contributed by atoms with Gasteiger partial charge >= 0.3 is 0 Å². The Balaban J connectivity index is 0.00000441. The minimum atomic E-state index is -0.474. The summed E-state index contributed by atoms with van der Waals surface area (Å²) in [5.41, 5.74) is 5.55. The summed E-state index contributed by atoms with van der Waals surface area (Å²) in [7, 11) is 4.92. The number of carbonyl (C=O) groups excluding carboxylic acids is 1. The van der Waals surface area contributed by atoms with Gasteiger partial charge in [-0.1, -0.05) is 0 Å². The molecular weight excluding hydrogens is 308 g/mol. The Morgan fingerprint density at radius 1 is 1.18 bits per heavy atom. The maximum atomic E-state index is 11.6. The number of nitrogens with zero attached hydrogens (tertiary/aromatic N) is 1. The van der Waals surface area contributed by atoms with Crippen molar-refractivity contribution in [1.82, 2.24) is 4.90 Å². The fraction of sp³-hybridized carbons (Fsp3) is 0.533. The lowest BCUT2D eigenvalue weighted by Crippen LogP contribution is -2.40. The summed E-state index contributed by atoms with van der Waals surface area (Å²) >= 11 is 0. The Hall–Kier alpha value is -1.66. The molecule has 2 N–H and O–H groups in total. The van der Waals surface area contributed by atoms with E-state index in [9.17, 15) is 4.79 Å². The largest absolute Gasteiger partial charge is 0.496 e. The molecule has 0 aliphatic carbocycles. The Labute approximate surface area is 137 Å². The number of amides is 1. The van der Waals surface area contributed by atoms with Crippen molar-refractivity contribution in [2.24, 2.45) is 5.73 Å². The number of hydrogen-bond acceptors (Lipinski definition) is 5. The van der Waals surface area contributed by atoms with Crippen LogP contribution >= 0.6 is 12.4 Å². The van der Waals surface area contributed by atoms with Gasteiger partial charge in [0.2, 0.25) is 5.91 Å².